The molecule has 0 aliphatic carbocycles. The maximum atomic E-state index is 14.1. The summed E-state index contributed by atoms with van der Waals surface area (Å²) in [4.78, 5) is 19.4. The van der Waals surface area contributed by atoms with Crippen LogP contribution in [0.3, 0.4) is 0 Å². The van der Waals surface area contributed by atoms with Crippen LogP contribution >= 0.6 is 7.60 Å². The third kappa shape index (κ3) is 3.33. The molecule has 1 atom stereocenters. The van der Waals surface area contributed by atoms with Crippen LogP contribution in [-0.4, -0.2) is 32.8 Å². The SMILES string of the molecule is CCc1cc(C(F)(F)F)ccc1N1C(N)=C(C#N)C(C(F)(F)F)(P(=O)(O)O)N1CC. The van der Waals surface area contributed by atoms with Crippen molar-refractivity contribution in [2.45, 2.75) is 37.9 Å². The number of hydrazine groups is 1. The van der Waals surface area contributed by atoms with Crippen LogP contribution in [0.1, 0.15) is 25.0 Å². The molecule has 166 valence electrons. The summed E-state index contributed by atoms with van der Waals surface area (Å²) in [5.74, 6) is -0.936. The van der Waals surface area contributed by atoms with Gasteiger partial charge in [-0.2, -0.15) is 36.6 Å². The molecule has 0 spiro atoms. The topological polar surface area (TPSA) is 114 Å². The Hall–Kier alpha value is -2.26. The monoisotopic (exact) mass is 458 g/mol. The van der Waals surface area contributed by atoms with Gasteiger partial charge in [0, 0.05) is 6.54 Å². The predicted octanol–water partition coefficient (Wildman–Crippen LogP) is 3.45. The number of rotatable bonds is 4. The second-order valence-electron chi connectivity index (χ2n) is 6.31. The van der Waals surface area contributed by atoms with Crippen molar-refractivity contribution in [3.05, 3.63) is 40.7 Å². The van der Waals surface area contributed by atoms with Crippen molar-refractivity contribution in [1.29, 1.82) is 5.26 Å². The molecule has 1 aromatic rings. The average Bonchev–Trinajstić information content (AvgIpc) is 2.88. The fourth-order valence-electron chi connectivity index (χ4n) is 3.45. The van der Waals surface area contributed by atoms with E-state index in [1.807, 2.05) is 0 Å². The first-order chi connectivity index (χ1) is 13.6. The van der Waals surface area contributed by atoms with E-state index >= 15 is 0 Å². The van der Waals surface area contributed by atoms with Gasteiger partial charge < -0.3 is 15.5 Å². The lowest BCUT2D eigenvalue weighted by molar-refractivity contribution is -0.190. The highest BCUT2D eigenvalue weighted by molar-refractivity contribution is 7.54. The summed E-state index contributed by atoms with van der Waals surface area (Å²) in [7, 11) is -6.15. The summed E-state index contributed by atoms with van der Waals surface area (Å²) >= 11 is 0. The molecular formula is C16H17F6N4O3P. The van der Waals surface area contributed by atoms with Crippen LogP contribution in [0.4, 0.5) is 32.0 Å². The summed E-state index contributed by atoms with van der Waals surface area (Å²) in [6, 6.07) is 3.29. The molecule has 0 aromatic heterocycles. The Morgan fingerprint density at radius 3 is 2.13 bits per heavy atom. The maximum absolute atomic E-state index is 14.1. The van der Waals surface area contributed by atoms with Gasteiger partial charge in [0.2, 0.25) is 0 Å². The fourth-order valence-corrected chi connectivity index (χ4v) is 4.77. The Labute approximate surface area is 167 Å². The normalized spacial score (nSPS) is 21.3. The summed E-state index contributed by atoms with van der Waals surface area (Å²) in [5, 5.41) is 5.95. The lowest BCUT2D eigenvalue weighted by atomic mass is 10.1. The molecule has 0 bridgehead atoms. The quantitative estimate of drug-likeness (QED) is 0.468. The van der Waals surface area contributed by atoms with Crippen molar-refractivity contribution in [3.8, 4) is 6.07 Å². The largest absolute Gasteiger partial charge is 0.425 e. The number of nitriles is 1. The summed E-state index contributed by atoms with van der Waals surface area (Å²) < 4.78 is 93.5. The minimum absolute atomic E-state index is 0.0720. The van der Waals surface area contributed by atoms with Gasteiger partial charge in [0.25, 0.3) is 5.28 Å². The lowest BCUT2D eigenvalue weighted by Crippen LogP contribution is -2.60. The van der Waals surface area contributed by atoms with E-state index in [2.05, 4.69) is 0 Å². The fraction of sp³-hybridized carbons (Fsp3) is 0.438. The molecule has 1 unspecified atom stereocenters. The van der Waals surface area contributed by atoms with E-state index in [4.69, 9.17) is 5.73 Å². The van der Waals surface area contributed by atoms with Crippen LogP contribution in [0.5, 0.6) is 0 Å². The Morgan fingerprint density at radius 2 is 1.77 bits per heavy atom. The van der Waals surface area contributed by atoms with Gasteiger partial charge in [0.15, 0.2) is 0 Å². The third-order valence-electron chi connectivity index (χ3n) is 4.69. The molecule has 4 N–H and O–H groups in total. The number of aryl methyl sites for hydroxylation is 1. The molecule has 30 heavy (non-hydrogen) atoms. The number of benzene rings is 1. The van der Waals surface area contributed by atoms with Gasteiger partial charge in [-0.3, -0.25) is 9.57 Å². The van der Waals surface area contributed by atoms with Crippen LogP contribution in [0.15, 0.2) is 29.6 Å². The Kier molecular flexibility index (Phi) is 5.97. The second-order valence-corrected chi connectivity index (χ2v) is 8.04. The standard InChI is InChI=1S/C16H17F6N4O3P/c1-3-9-7-10(15(17,18)19)5-6-12(9)26-13(24)11(8-23)14(16(20,21)22,25(26)4-2)30(27,28)29/h5-7H,3-4,24H2,1-2H3,(H2,27,28,29). The summed E-state index contributed by atoms with van der Waals surface area (Å²) in [6.45, 7) is 1.89. The smallest absolute Gasteiger partial charge is 0.383 e. The van der Waals surface area contributed by atoms with E-state index in [-0.39, 0.29) is 22.7 Å². The van der Waals surface area contributed by atoms with Crippen molar-refractivity contribution < 1.29 is 40.7 Å². The second kappa shape index (κ2) is 7.46. The van der Waals surface area contributed by atoms with E-state index in [0.29, 0.717) is 17.1 Å². The van der Waals surface area contributed by atoms with Gasteiger partial charge in [-0.25, -0.2) is 0 Å². The van der Waals surface area contributed by atoms with E-state index in [1.54, 1.807) is 0 Å². The summed E-state index contributed by atoms with van der Waals surface area (Å²) in [6.07, 6.45) is -10.4. The minimum Gasteiger partial charge on any atom is -0.383 e. The summed E-state index contributed by atoms with van der Waals surface area (Å²) in [5.41, 5.74) is 2.86. The van der Waals surface area contributed by atoms with Gasteiger partial charge in [0.05, 0.1) is 11.3 Å². The molecule has 0 amide bonds. The number of alkyl halides is 6. The van der Waals surface area contributed by atoms with Gasteiger partial charge >= 0.3 is 19.9 Å². The number of nitrogens with two attached hydrogens (primary N) is 1. The first-order valence-electron chi connectivity index (χ1n) is 8.40. The molecule has 1 aliphatic heterocycles. The molecule has 1 aliphatic rings. The van der Waals surface area contributed by atoms with Gasteiger partial charge in [-0.05, 0) is 30.2 Å². The van der Waals surface area contributed by atoms with Gasteiger partial charge in [-0.1, -0.05) is 13.8 Å². The molecule has 1 aromatic carbocycles. The zero-order chi connectivity index (χ0) is 23.3. The van der Waals surface area contributed by atoms with Crippen LogP contribution in [-0.2, 0) is 17.2 Å². The van der Waals surface area contributed by atoms with Crippen molar-refractivity contribution in [3.63, 3.8) is 0 Å². The van der Waals surface area contributed by atoms with Crippen molar-refractivity contribution >= 4 is 13.3 Å². The number of nitrogens with zero attached hydrogens (tertiary/aromatic N) is 3. The van der Waals surface area contributed by atoms with Crippen LogP contribution in [0.25, 0.3) is 0 Å². The first kappa shape index (κ1) is 24.0. The maximum Gasteiger partial charge on any atom is 0.425 e. The number of halogens is 6. The highest BCUT2D eigenvalue weighted by atomic mass is 31.2. The van der Waals surface area contributed by atoms with Crippen LogP contribution in [0.2, 0.25) is 0 Å². The Morgan fingerprint density at radius 1 is 1.20 bits per heavy atom. The molecule has 0 saturated carbocycles. The van der Waals surface area contributed by atoms with Crippen LogP contribution < -0.4 is 10.7 Å². The zero-order valence-corrected chi connectivity index (χ0v) is 16.5. The Balaban J connectivity index is 2.89. The van der Waals surface area contributed by atoms with Crippen molar-refractivity contribution in [2.75, 3.05) is 11.6 Å². The first-order valence-corrected chi connectivity index (χ1v) is 10.0. The zero-order valence-electron chi connectivity index (χ0n) is 15.6. The van der Waals surface area contributed by atoms with E-state index in [1.165, 1.54) is 6.92 Å². The highest BCUT2D eigenvalue weighted by Crippen LogP contribution is 2.66. The van der Waals surface area contributed by atoms with Crippen LogP contribution in [0, 0.1) is 11.3 Å². The van der Waals surface area contributed by atoms with E-state index < -0.39 is 48.7 Å². The average molecular weight is 458 g/mol. The molecule has 0 fully saturated rings. The third-order valence-corrected chi connectivity index (χ3v) is 6.24. The molecular weight excluding hydrogens is 441 g/mol. The number of hydrogen-bond donors (Lipinski definition) is 3. The molecule has 14 heteroatoms. The van der Waals surface area contributed by atoms with Crippen molar-refractivity contribution in [2.24, 2.45) is 5.73 Å². The molecule has 0 radical (unpaired) electrons. The van der Waals surface area contributed by atoms with E-state index in [9.17, 15) is 46.0 Å². The molecule has 2 rings (SSSR count). The highest BCUT2D eigenvalue weighted by Gasteiger charge is 2.76. The Bertz CT molecular complexity index is 965. The minimum atomic E-state index is -6.15. The number of anilines is 1. The molecule has 7 nitrogen and oxygen atoms in total. The molecule has 0 saturated heterocycles. The predicted molar refractivity (Wildman–Crippen MR) is 93.3 cm³/mol. The molecule has 1 heterocycles. The van der Waals surface area contributed by atoms with Gasteiger partial charge in [-0.15, -0.1) is 0 Å². The number of likely N-dealkylation sites (N-methyl/N-ethyl adjacent to an activating group) is 1. The van der Waals surface area contributed by atoms with Gasteiger partial charge in [0.1, 0.15) is 17.5 Å². The lowest BCUT2D eigenvalue weighted by Gasteiger charge is -2.43. The van der Waals surface area contributed by atoms with E-state index in [0.717, 1.165) is 19.1 Å². The van der Waals surface area contributed by atoms with Crippen molar-refractivity contribution in [1.82, 2.24) is 5.01 Å². The number of hydrogen-bond acceptors (Lipinski definition) is 5.